The molecule has 2 aliphatic heterocycles. The maximum atomic E-state index is 12.9. The molecule has 35 heavy (non-hydrogen) atoms. The van der Waals surface area contributed by atoms with Crippen molar-refractivity contribution < 1.29 is 22.2 Å². The smallest absolute Gasteiger partial charge is 0.289 e. The van der Waals surface area contributed by atoms with Crippen LogP contribution < -0.4 is 0 Å². The summed E-state index contributed by atoms with van der Waals surface area (Å²) in [5, 5.41) is 3.91. The molecule has 5 rings (SSSR count). The van der Waals surface area contributed by atoms with E-state index in [0.29, 0.717) is 57.5 Å². The van der Waals surface area contributed by atoms with Gasteiger partial charge >= 0.3 is 0 Å². The van der Waals surface area contributed by atoms with Gasteiger partial charge in [-0.1, -0.05) is 41.4 Å². The van der Waals surface area contributed by atoms with Crippen LogP contribution in [0, 0.1) is 6.92 Å². The SMILES string of the molecule is Cc1ccc(-c2noc(CN3CCN(C(=O)c4ccc(S(=O)(=O)N5CCCCC5)o4)CC3)n2)cc1. The molecule has 0 radical (unpaired) electrons. The number of carbonyl (C=O) groups excluding carboxylic acids is 1. The fraction of sp³-hybridized carbons (Fsp3) is 0.458. The Hall–Kier alpha value is -3.02. The summed E-state index contributed by atoms with van der Waals surface area (Å²) in [4.78, 5) is 21.2. The monoisotopic (exact) mass is 499 g/mol. The van der Waals surface area contributed by atoms with Crippen molar-refractivity contribution in [2.75, 3.05) is 39.3 Å². The first-order valence-electron chi connectivity index (χ1n) is 11.9. The number of benzene rings is 1. The van der Waals surface area contributed by atoms with Gasteiger partial charge in [0.05, 0.1) is 6.54 Å². The summed E-state index contributed by atoms with van der Waals surface area (Å²) in [6.45, 7) is 5.75. The number of amides is 1. The van der Waals surface area contributed by atoms with E-state index < -0.39 is 10.0 Å². The number of nitrogens with zero attached hydrogens (tertiary/aromatic N) is 5. The van der Waals surface area contributed by atoms with Crippen LogP contribution in [0.2, 0.25) is 0 Å². The predicted octanol–water partition coefficient (Wildman–Crippen LogP) is 2.77. The number of piperidine rings is 1. The van der Waals surface area contributed by atoms with Crippen LogP contribution in [0.1, 0.15) is 41.3 Å². The molecule has 0 atom stereocenters. The van der Waals surface area contributed by atoms with Gasteiger partial charge in [-0.2, -0.15) is 9.29 Å². The van der Waals surface area contributed by atoms with Crippen molar-refractivity contribution in [2.24, 2.45) is 0 Å². The van der Waals surface area contributed by atoms with Gasteiger partial charge < -0.3 is 13.8 Å². The Bertz CT molecular complexity index is 1270. The number of rotatable bonds is 6. The van der Waals surface area contributed by atoms with Crippen LogP contribution in [0.15, 0.2) is 50.4 Å². The highest BCUT2D eigenvalue weighted by atomic mass is 32.2. The highest BCUT2D eigenvalue weighted by Crippen LogP contribution is 2.24. The number of hydrogen-bond acceptors (Lipinski definition) is 8. The van der Waals surface area contributed by atoms with Crippen molar-refractivity contribution >= 4 is 15.9 Å². The minimum atomic E-state index is -3.70. The van der Waals surface area contributed by atoms with Gasteiger partial charge in [0.2, 0.25) is 16.8 Å². The summed E-state index contributed by atoms with van der Waals surface area (Å²) in [7, 11) is -3.70. The zero-order chi connectivity index (χ0) is 24.4. The number of hydrogen-bond donors (Lipinski definition) is 0. The van der Waals surface area contributed by atoms with Gasteiger partial charge in [0.15, 0.2) is 5.76 Å². The van der Waals surface area contributed by atoms with Crippen molar-refractivity contribution in [1.29, 1.82) is 0 Å². The van der Waals surface area contributed by atoms with Crippen LogP contribution in [0.3, 0.4) is 0 Å². The Kier molecular flexibility index (Phi) is 6.72. The average Bonchev–Trinajstić information content (AvgIpc) is 3.56. The topological polar surface area (TPSA) is 113 Å². The molecule has 1 amide bonds. The summed E-state index contributed by atoms with van der Waals surface area (Å²) in [6, 6.07) is 10.8. The van der Waals surface area contributed by atoms with Crippen LogP contribution >= 0.6 is 0 Å². The van der Waals surface area contributed by atoms with E-state index in [9.17, 15) is 13.2 Å². The second-order valence-corrected chi connectivity index (χ2v) is 10.9. The Morgan fingerprint density at radius 2 is 1.66 bits per heavy atom. The van der Waals surface area contributed by atoms with Gasteiger partial charge in [0.25, 0.3) is 15.9 Å². The van der Waals surface area contributed by atoms with E-state index in [-0.39, 0.29) is 16.8 Å². The fourth-order valence-electron chi connectivity index (χ4n) is 4.40. The molecule has 4 heterocycles. The average molecular weight is 500 g/mol. The summed E-state index contributed by atoms with van der Waals surface area (Å²) in [6.07, 6.45) is 2.71. The van der Waals surface area contributed by atoms with Crippen LogP contribution in [-0.2, 0) is 16.6 Å². The van der Waals surface area contributed by atoms with E-state index in [1.807, 2.05) is 31.2 Å². The Labute approximate surface area is 204 Å². The van der Waals surface area contributed by atoms with E-state index in [1.165, 1.54) is 22.0 Å². The van der Waals surface area contributed by atoms with E-state index in [4.69, 9.17) is 8.94 Å². The quantitative estimate of drug-likeness (QED) is 0.509. The Morgan fingerprint density at radius 3 is 2.37 bits per heavy atom. The van der Waals surface area contributed by atoms with E-state index in [0.717, 1.165) is 24.8 Å². The number of piperazine rings is 1. The lowest BCUT2D eigenvalue weighted by atomic mass is 10.1. The molecule has 0 bridgehead atoms. The van der Waals surface area contributed by atoms with Gasteiger partial charge in [0.1, 0.15) is 0 Å². The highest BCUT2D eigenvalue weighted by Gasteiger charge is 2.31. The molecule has 0 saturated carbocycles. The molecule has 186 valence electrons. The second-order valence-electron chi connectivity index (χ2n) is 9.03. The summed E-state index contributed by atoms with van der Waals surface area (Å²) < 4.78 is 38.0. The first-order valence-corrected chi connectivity index (χ1v) is 13.4. The van der Waals surface area contributed by atoms with Gasteiger partial charge in [-0.25, -0.2) is 8.42 Å². The standard InChI is InChI=1S/C24H29N5O5S/c1-18-5-7-19(8-6-18)23-25-21(34-26-23)17-27-13-15-28(16-14-27)24(30)20-9-10-22(33-20)35(31,32)29-11-3-2-4-12-29/h5-10H,2-4,11-17H2,1H3. The number of furan rings is 1. The molecule has 10 nitrogen and oxygen atoms in total. The minimum Gasteiger partial charge on any atom is -0.438 e. The molecule has 0 aliphatic carbocycles. The first-order chi connectivity index (χ1) is 16.9. The fourth-order valence-corrected chi connectivity index (χ4v) is 5.83. The van der Waals surface area contributed by atoms with Crippen molar-refractivity contribution in [3.05, 3.63) is 53.6 Å². The zero-order valence-electron chi connectivity index (χ0n) is 19.7. The number of aromatic nitrogens is 2. The molecular weight excluding hydrogens is 470 g/mol. The molecule has 2 fully saturated rings. The molecule has 11 heteroatoms. The molecule has 2 aliphatic rings. The van der Waals surface area contributed by atoms with Crippen molar-refractivity contribution in [3.63, 3.8) is 0 Å². The van der Waals surface area contributed by atoms with Crippen LogP contribution in [0.25, 0.3) is 11.4 Å². The van der Waals surface area contributed by atoms with E-state index in [1.54, 1.807) is 4.90 Å². The zero-order valence-corrected chi connectivity index (χ0v) is 20.5. The summed E-state index contributed by atoms with van der Waals surface area (Å²) >= 11 is 0. The second kappa shape index (κ2) is 9.92. The first kappa shape index (κ1) is 23.7. The van der Waals surface area contributed by atoms with Crippen molar-refractivity contribution in [3.8, 4) is 11.4 Å². The summed E-state index contributed by atoms with van der Waals surface area (Å²) in [5.41, 5.74) is 2.07. The molecule has 1 aromatic carbocycles. The maximum absolute atomic E-state index is 12.9. The molecule has 2 aromatic heterocycles. The van der Waals surface area contributed by atoms with Crippen molar-refractivity contribution in [1.82, 2.24) is 24.2 Å². The van der Waals surface area contributed by atoms with Gasteiger partial charge in [-0.05, 0) is 31.9 Å². The lowest BCUT2D eigenvalue weighted by Gasteiger charge is -2.33. The van der Waals surface area contributed by atoms with E-state index in [2.05, 4.69) is 15.0 Å². The Morgan fingerprint density at radius 1 is 0.943 bits per heavy atom. The largest absolute Gasteiger partial charge is 0.438 e. The third-order valence-electron chi connectivity index (χ3n) is 6.50. The van der Waals surface area contributed by atoms with Gasteiger partial charge in [-0.3, -0.25) is 9.69 Å². The van der Waals surface area contributed by atoms with Gasteiger partial charge in [-0.15, -0.1) is 0 Å². The minimum absolute atomic E-state index is 0.0497. The third-order valence-corrected chi connectivity index (χ3v) is 8.27. The Balaban J connectivity index is 1.16. The number of sulfonamides is 1. The maximum Gasteiger partial charge on any atom is 0.289 e. The molecule has 0 spiro atoms. The van der Waals surface area contributed by atoms with Crippen molar-refractivity contribution in [2.45, 2.75) is 37.8 Å². The van der Waals surface area contributed by atoms with Crippen LogP contribution in [0.4, 0.5) is 0 Å². The van der Waals surface area contributed by atoms with Crippen LogP contribution in [0.5, 0.6) is 0 Å². The number of carbonyl (C=O) groups is 1. The molecule has 0 unspecified atom stereocenters. The summed E-state index contributed by atoms with van der Waals surface area (Å²) in [5.74, 6) is 0.832. The lowest BCUT2D eigenvalue weighted by molar-refractivity contribution is 0.0579. The normalized spacial score (nSPS) is 18.1. The molecule has 3 aromatic rings. The molecule has 2 saturated heterocycles. The van der Waals surface area contributed by atoms with Gasteiger partial charge in [0, 0.05) is 44.8 Å². The predicted molar refractivity (Wildman–Crippen MR) is 127 cm³/mol. The number of aryl methyl sites for hydroxylation is 1. The van der Waals surface area contributed by atoms with E-state index >= 15 is 0 Å². The molecule has 0 N–H and O–H groups in total. The molecular formula is C24H29N5O5S. The lowest BCUT2D eigenvalue weighted by Crippen LogP contribution is -2.48. The van der Waals surface area contributed by atoms with Crippen LogP contribution in [-0.4, -0.2) is 77.8 Å². The highest BCUT2D eigenvalue weighted by molar-refractivity contribution is 7.89. The third kappa shape index (κ3) is 5.16.